The Morgan fingerprint density at radius 3 is 2.37 bits per heavy atom. The van der Waals surface area contributed by atoms with Gasteiger partial charge in [0.25, 0.3) is 0 Å². The maximum absolute atomic E-state index is 9.48. The van der Waals surface area contributed by atoms with Crippen LogP contribution in [0.25, 0.3) is 4.85 Å². The molecule has 3 aliphatic heterocycles. The van der Waals surface area contributed by atoms with Gasteiger partial charge in [0.1, 0.15) is 5.82 Å². The molecule has 0 aromatic rings. The van der Waals surface area contributed by atoms with Crippen molar-refractivity contribution in [3.8, 4) is 6.07 Å². The molecule has 0 aromatic carbocycles. The number of hydrogen-bond acceptors (Lipinski definition) is 5. The molecule has 0 N–H and O–H groups in total. The van der Waals surface area contributed by atoms with E-state index in [-0.39, 0.29) is 5.70 Å². The largest absolute Gasteiger partial charge is 0.365 e. The first kappa shape index (κ1) is 20.0. The van der Waals surface area contributed by atoms with E-state index >= 15 is 0 Å². The molecule has 0 amide bonds. The van der Waals surface area contributed by atoms with E-state index in [2.05, 4.69) is 37.4 Å². The molecule has 0 aromatic heterocycles. The summed E-state index contributed by atoms with van der Waals surface area (Å²) in [6.45, 7) is 19.3. The van der Waals surface area contributed by atoms with E-state index in [0.717, 1.165) is 51.5 Å². The summed E-state index contributed by atoms with van der Waals surface area (Å²) >= 11 is 0. The number of rotatable bonds is 7. The zero-order valence-electron chi connectivity index (χ0n) is 16.9. The Hall–Kier alpha value is -1.76. The van der Waals surface area contributed by atoms with Crippen molar-refractivity contribution in [3.63, 3.8) is 0 Å². The lowest BCUT2D eigenvalue weighted by Crippen LogP contribution is -2.37. The van der Waals surface area contributed by atoms with E-state index in [4.69, 9.17) is 6.57 Å². The Labute approximate surface area is 164 Å². The molecule has 3 saturated heterocycles. The van der Waals surface area contributed by atoms with Crippen LogP contribution in [0.4, 0.5) is 0 Å². The average Bonchev–Trinajstić information content (AvgIpc) is 3.29. The topological polar surface area (TPSA) is 41.1 Å². The van der Waals surface area contributed by atoms with Crippen LogP contribution in [0.2, 0.25) is 0 Å². The van der Waals surface area contributed by atoms with Crippen molar-refractivity contribution < 1.29 is 0 Å². The minimum absolute atomic E-state index is 0.265. The molecule has 0 radical (unpaired) electrons. The van der Waals surface area contributed by atoms with Gasteiger partial charge in [-0.05, 0) is 58.7 Å². The number of piperidine rings is 1. The number of nitriles is 1. The molecule has 0 spiro atoms. The quantitative estimate of drug-likeness (QED) is 0.509. The van der Waals surface area contributed by atoms with Gasteiger partial charge in [0.05, 0.1) is 12.6 Å². The molecule has 27 heavy (non-hydrogen) atoms. The molecule has 3 heterocycles. The van der Waals surface area contributed by atoms with Crippen LogP contribution in [0.3, 0.4) is 0 Å². The molecular weight excluding hydrogens is 336 g/mol. The van der Waals surface area contributed by atoms with Gasteiger partial charge < -0.3 is 19.6 Å². The first-order valence-corrected chi connectivity index (χ1v) is 10.7. The molecule has 6 nitrogen and oxygen atoms in total. The molecule has 3 fully saturated rings. The van der Waals surface area contributed by atoms with Gasteiger partial charge in [-0.25, -0.2) is 10.1 Å². The number of nitrogens with zero attached hydrogens (tertiary/aromatic N) is 6. The monoisotopic (exact) mass is 370 g/mol. The fraction of sp³-hybridized carbons (Fsp3) is 0.810. The summed E-state index contributed by atoms with van der Waals surface area (Å²) in [5.74, 6) is 0.888. The predicted molar refractivity (Wildman–Crippen MR) is 108 cm³/mol. The first-order valence-electron chi connectivity index (χ1n) is 10.7. The molecule has 1 unspecified atom stereocenters. The lowest BCUT2D eigenvalue weighted by atomic mass is 10.1. The molecule has 3 aliphatic rings. The van der Waals surface area contributed by atoms with Crippen molar-refractivity contribution in [2.75, 3.05) is 58.9 Å². The van der Waals surface area contributed by atoms with Crippen molar-refractivity contribution in [2.45, 2.75) is 51.5 Å². The van der Waals surface area contributed by atoms with E-state index in [1.807, 2.05) is 0 Å². The molecule has 0 saturated carbocycles. The summed E-state index contributed by atoms with van der Waals surface area (Å²) < 4.78 is 0. The van der Waals surface area contributed by atoms with Gasteiger partial charge in [-0.1, -0.05) is 6.42 Å². The third-order valence-electron chi connectivity index (χ3n) is 6.37. The third kappa shape index (κ3) is 5.15. The van der Waals surface area contributed by atoms with Crippen LogP contribution in [0.1, 0.15) is 45.4 Å². The smallest absolute Gasteiger partial charge is 0.300 e. The first-order chi connectivity index (χ1) is 13.2. The minimum Gasteiger partial charge on any atom is -0.365 e. The van der Waals surface area contributed by atoms with Crippen molar-refractivity contribution in [1.82, 2.24) is 19.6 Å². The summed E-state index contributed by atoms with van der Waals surface area (Å²) in [5.41, 5.74) is 0.265. The Balaban J connectivity index is 1.56. The summed E-state index contributed by atoms with van der Waals surface area (Å²) in [7, 11) is 0. The molecule has 3 rings (SSSR count). The van der Waals surface area contributed by atoms with Gasteiger partial charge >= 0.3 is 5.70 Å². The van der Waals surface area contributed by atoms with Crippen LogP contribution in [0.5, 0.6) is 0 Å². The fourth-order valence-corrected chi connectivity index (χ4v) is 4.75. The van der Waals surface area contributed by atoms with Crippen molar-refractivity contribution in [2.24, 2.45) is 0 Å². The minimum atomic E-state index is 0.265. The molecule has 0 bridgehead atoms. The average molecular weight is 371 g/mol. The molecule has 6 heteroatoms. The molecule has 1 atom stereocenters. The van der Waals surface area contributed by atoms with Crippen LogP contribution in [-0.4, -0.2) is 84.5 Å². The van der Waals surface area contributed by atoms with Gasteiger partial charge in [0.2, 0.25) is 0 Å². The highest BCUT2D eigenvalue weighted by molar-refractivity contribution is 5.33. The lowest BCUT2D eigenvalue weighted by Gasteiger charge is -2.31. The standard InChI is InChI=1S/C21H34N6/c1-19-8-6-11-25(19)12-7-13-26-16-17-27(21(26)20(18-22)23-2)15-14-24-9-4-3-5-10-24/h19H,3-17H2,1H3/b21-20+. The van der Waals surface area contributed by atoms with E-state index in [1.165, 1.54) is 51.7 Å². The van der Waals surface area contributed by atoms with Gasteiger partial charge in [-0.3, -0.25) is 0 Å². The van der Waals surface area contributed by atoms with Crippen molar-refractivity contribution in [3.05, 3.63) is 22.9 Å². The van der Waals surface area contributed by atoms with E-state index in [1.54, 1.807) is 0 Å². The van der Waals surface area contributed by atoms with Crippen molar-refractivity contribution >= 4 is 0 Å². The Bertz CT molecular complexity index is 579. The number of likely N-dealkylation sites (tertiary alicyclic amines) is 2. The van der Waals surface area contributed by atoms with E-state index in [0.29, 0.717) is 6.04 Å². The Morgan fingerprint density at radius 1 is 1.00 bits per heavy atom. The molecule has 148 valence electrons. The second-order valence-corrected chi connectivity index (χ2v) is 8.15. The summed E-state index contributed by atoms with van der Waals surface area (Å²) in [4.78, 5) is 13.2. The highest BCUT2D eigenvalue weighted by atomic mass is 15.4. The SMILES string of the molecule is [C-]#[N+]/C(C#N)=C1\N(CCCN2CCCC2C)CCN1CCN1CCCCC1. The predicted octanol–water partition coefficient (Wildman–Crippen LogP) is 2.58. The highest BCUT2D eigenvalue weighted by Crippen LogP contribution is 2.24. The highest BCUT2D eigenvalue weighted by Gasteiger charge is 2.29. The second-order valence-electron chi connectivity index (χ2n) is 8.15. The number of allylic oxidation sites excluding steroid dienone is 1. The van der Waals surface area contributed by atoms with Gasteiger partial charge in [-0.2, -0.15) is 0 Å². The van der Waals surface area contributed by atoms with E-state index in [9.17, 15) is 5.26 Å². The zero-order chi connectivity index (χ0) is 19.1. The van der Waals surface area contributed by atoms with Crippen LogP contribution in [0, 0.1) is 17.9 Å². The van der Waals surface area contributed by atoms with Gasteiger partial charge in [0.15, 0.2) is 0 Å². The lowest BCUT2D eigenvalue weighted by molar-refractivity contribution is 0.201. The summed E-state index contributed by atoms with van der Waals surface area (Å²) in [6, 6.07) is 2.85. The van der Waals surface area contributed by atoms with Crippen LogP contribution >= 0.6 is 0 Å². The second kappa shape index (κ2) is 9.97. The number of hydrogen-bond donors (Lipinski definition) is 0. The Kier molecular flexibility index (Phi) is 7.38. The molecular formula is C21H34N6. The van der Waals surface area contributed by atoms with Gasteiger partial charge in [-0.15, -0.1) is 0 Å². The fourth-order valence-electron chi connectivity index (χ4n) is 4.75. The maximum atomic E-state index is 9.48. The zero-order valence-corrected chi connectivity index (χ0v) is 16.9. The van der Waals surface area contributed by atoms with E-state index < -0.39 is 0 Å². The summed E-state index contributed by atoms with van der Waals surface area (Å²) in [6.07, 6.45) is 7.69. The van der Waals surface area contributed by atoms with Crippen molar-refractivity contribution in [1.29, 1.82) is 5.26 Å². The van der Waals surface area contributed by atoms with Gasteiger partial charge in [0, 0.05) is 45.3 Å². The van der Waals surface area contributed by atoms with Crippen LogP contribution < -0.4 is 0 Å². The summed E-state index contributed by atoms with van der Waals surface area (Å²) in [5, 5.41) is 9.48. The Morgan fingerprint density at radius 2 is 1.74 bits per heavy atom. The van der Waals surface area contributed by atoms with Crippen LogP contribution in [0.15, 0.2) is 11.5 Å². The molecule has 0 aliphatic carbocycles. The normalized spacial score (nSPS) is 26.3. The third-order valence-corrected chi connectivity index (χ3v) is 6.37. The van der Waals surface area contributed by atoms with Crippen LogP contribution in [-0.2, 0) is 0 Å². The maximum Gasteiger partial charge on any atom is 0.300 e.